The highest BCUT2D eigenvalue weighted by atomic mass is 16.6. The average Bonchev–Trinajstić information content (AvgIpc) is 2.41. The molecule has 4 heteroatoms. The summed E-state index contributed by atoms with van der Waals surface area (Å²) >= 11 is 0. The molecule has 2 rings (SSSR count). The van der Waals surface area contributed by atoms with Crippen molar-refractivity contribution in [1.29, 1.82) is 0 Å². The van der Waals surface area contributed by atoms with E-state index in [4.69, 9.17) is 4.74 Å². The summed E-state index contributed by atoms with van der Waals surface area (Å²) < 4.78 is 5.52. The van der Waals surface area contributed by atoms with Crippen molar-refractivity contribution < 1.29 is 9.53 Å². The number of nitrogens with zero attached hydrogens (tertiary/aromatic N) is 2. The largest absolute Gasteiger partial charge is 0.444 e. The van der Waals surface area contributed by atoms with Gasteiger partial charge in [-0.2, -0.15) is 0 Å². The van der Waals surface area contributed by atoms with Gasteiger partial charge < -0.3 is 9.64 Å². The molecule has 0 aromatic heterocycles. The molecule has 0 radical (unpaired) electrons. The molecular formula is C18H28N2O2. The van der Waals surface area contributed by atoms with E-state index in [0.717, 1.165) is 13.1 Å². The van der Waals surface area contributed by atoms with Gasteiger partial charge in [0.2, 0.25) is 0 Å². The van der Waals surface area contributed by atoms with Crippen LogP contribution in [0.3, 0.4) is 0 Å². The third-order valence-electron chi connectivity index (χ3n) is 3.97. The Labute approximate surface area is 134 Å². The summed E-state index contributed by atoms with van der Waals surface area (Å²) in [7, 11) is 0. The van der Waals surface area contributed by atoms with Gasteiger partial charge in [0.05, 0.1) is 0 Å². The summed E-state index contributed by atoms with van der Waals surface area (Å²) in [6.07, 6.45) is -0.203. The number of carbonyl (C=O) groups is 1. The van der Waals surface area contributed by atoms with Gasteiger partial charge in [0.1, 0.15) is 5.60 Å². The summed E-state index contributed by atoms with van der Waals surface area (Å²) in [6.45, 7) is 12.5. The van der Waals surface area contributed by atoms with E-state index in [1.165, 1.54) is 5.56 Å². The number of benzene rings is 1. The van der Waals surface area contributed by atoms with Crippen LogP contribution in [0.15, 0.2) is 30.3 Å². The minimum Gasteiger partial charge on any atom is -0.444 e. The van der Waals surface area contributed by atoms with Gasteiger partial charge in [-0.25, -0.2) is 4.79 Å². The summed E-state index contributed by atoms with van der Waals surface area (Å²) in [4.78, 5) is 16.6. The van der Waals surface area contributed by atoms with E-state index in [1.54, 1.807) is 0 Å². The normalized spacial score (nSPS) is 23.4. The number of hydrogen-bond donors (Lipinski definition) is 0. The van der Waals surface area contributed by atoms with E-state index in [2.05, 4.69) is 43.0 Å². The Morgan fingerprint density at radius 2 is 1.77 bits per heavy atom. The van der Waals surface area contributed by atoms with Crippen molar-refractivity contribution in [2.75, 3.05) is 13.1 Å². The van der Waals surface area contributed by atoms with Crippen molar-refractivity contribution in [2.45, 2.75) is 58.8 Å². The van der Waals surface area contributed by atoms with Crippen molar-refractivity contribution >= 4 is 6.09 Å². The van der Waals surface area contributed by atoms with Crippen molar-refractivity contribution in [2.24, 2.45) is 0 Å². The molecule has 0 bridgehead atoms. The molecule has 1 saturated heterocycles. The Hall–Kier alpha value is -1.55. The topological polar surface area (TPSA) is 32.8 Å². The first-order valence-electron chi connectivity index (χ1n) is 8.04. The van der Waals surface area contributed by atoms with Gasteiger partial charge in [0.15, 0.2) is 0 Å². The number of piperazine rings is 1. The highest BCUT2D eigenvalue weighted by Gasteiger charge is 2.34. The minimum atomic E-state index is -0.443. The van der Waals surface area contributed by atoms with Crippen LogP contribution in [0.5, 0.6) is 0 Å². The van der Waals surface area contributed by atoms with Crippen molar-refractivity contribution in [3.63, 3.8) is 0 Å². The average molecular weight is 304 g/mol. The first kappa shape index (κ1) is 16.8. The van der Waals surface area contributed by atoms with E-state index in [0.29, 0.717) is 12.6 Å². The molecule has 1 aromatic rings. The molecule has 1 heterocycles. The first-order valence-corrected chi connectivity index (χ1v) is 8.04. The predicted octanol–water partition coefficient (Wildman–Crippen LogP) is 3.52. The fourth-order valence-electron chi connectivity index (χ4n) is 2.81. The van der Waals surface area contributed by atoms with Gasteiger partial charge in [-0.1, -0.05) is 30.3 Å². The zero-order valence-electron chi connectivity index (χ0n) is 14.4. The minimum absolute atomic E-state index is 0.162. The standard InChI is InChI=1S/C18H28N2O2/c1-14-12-20(17(21)22-18(3,4)5)15(2)11-19(14)13-16-9-7-6-8-10-16/h6-10,14-15H,11-13H2,1-5H3/t14-,15+/m1/s1. The molecule has 0 spiro atoms. The van der Waals surface area contributed by atoms with Gasteiger partial charge in [-0.3, -0.25) is 4.90 Å². The zero-order chi connectivity index (χ0) is 16.3. The Balaban J connectivity index is 1.98. The van der Waals surface area contributed by atoms with E-state index < -0.39 is 5.60 Å². The summed E-state index contributed by atoms with van der Waals surface area (Å²) in [5.74, 6) is 0. The lowest BCUT2D eigenvalue weighted by atomic mass is 10.1. The van der Waals surface area contributed by atoms with Gasteiger partial charge in [-0.05, 0) is 40.2 Å². The molecule has 4 nitrogen and oxygen atoms in total. The number of rotatable bonds is 2. The van der Waals surface area contributed by atoms with Crippen LogP contribution in [0.1, 0.15) is 40.2 Å². The van der Waals surface area contributed by atoms with E-state index in [9.17, 15) is 4.79 Å². The smallest absolute Gasteiger partial charge is 0.410 e. The molecule has 1 aliphatic rings. The van der Waals surface area contributed by atoms with E-state index in [1.807, 2.05) is 31.7 Å². The lowest BCUT2D eigenvalue weighted by Crippen LogP contribution is -2.58. The lowest BCUT2D eigenvalue weighted by molar-refractivity contribution is -0.0117. The molecule has 122 valence electrons. The van der Waals surface area contributed by atoms with Crippen LogP contribution in [-0.4, -0.2) is 46.7 Å². The van der Waals surface area contributed by atoms with Crippen LogP contribution < -0.4 is 0 Å². The number of amides is 1. The SMILES string of the molecule is C[C@@H]1CN(C(=O)OC(C)(C)C)[C@@H](C)CN1Cc1ccccc1. The second kappa shape index (κ2) is 6.69. The molecule has 0 N–H and O–H groups in total. The summed E-state index contributed by atoms with van der Waals surface area (Å²) in [5.41, 5.74) is 0.869. The monoisotopic (exact) mass is 304 g/mol. The fourth-order valence-corrected chi connectivity index (χ4v) is 2.81. The van der Waals surface area contributed by atoms with Crippen LogP contribution in [0.2, 0.25) is 0 Å². The van der Waals surface area contributed by atoms with Crippen LogP contribution in [0.25, 0.3) is 0 Å². The van der Waals surface area contributed by atoms with Crippen LogP contribution in [0, 0.1) is 0 Å². The third-order valence-corrected chi connectivity index (χ3v) is 3.97. The molecule has 1 aliphatic heterocycles. The zero-order valence-corrected chi connectivity index (χ0v) is 14.4. The molecule has 2 atom stereocenters. The number of ether oxygens (including phenoxy) is 1. The number of hydrogen-bond acceptors (Lipinski definition) is 3. The molecule has 1 amide bonds. The molecular weight excluding hydrogens is 276 g/mol. The Bertz CT molecular complexity index is 496. The van der Waals surface area contributed by atoms with Crippen molar-refractivity contribution in [3.8, 4) is 0 Å². The van der Waals surface area contributed by atoms with Gasteiger partial charge in [-0.15, -0.1) is 0 Å². The fraction of sp³-hybridized carbons (Fsp3) is 0.611. The summed E-state index contributed by atoms with van der Waals surface area (Å²) in [5, 5.41) is 0. The maximum atomic E-state index is 12.3. The van der Waals surface area contributed by atoms with E-state index >= 15 is 0 Å². The van der Waals surface area contributed by atoms with Gasteiger partial charge >= 0.3 is 6.09 Å². The molecule has 1 aromatic carbocycles. The van der Waals surface area contributed by atoms with Crippen molar-refractivity contribution in [3.05, 3.63) is 35.9 Å². The number of carbonyl (C=O) groups excluding carboxylic acids is 1. The summed E-state index contributed by atoms with van der Waals surface area (Å²) in [6, 6.07) is 11.0. The Kier molecular flexibility index (Phi) is 5.12. The Morgan fingerprint density at radius 1 is 1.14 bits per heavy atom. The molecule has 0 aliphatic carbocycles. The highest BCUT2D eigenvalue weighted by Crippen LogP contribution is 2.20. The Morgan fingerprint density at radius 3 is 2.36 bits per heavy atom. The van der Waals surface area contributed by atoms with Crippen LogP contribution in [-0.2, 0) is 11.3 Å². The van der Waals surface area contributed by atoms with Crippen LogP contribution >= 0.6 is 0 Å². The van der Waals surface area contributed by atoms with Crippen molar-refractivity contribution in [1.82, 2.24) is 9.80 Å². The highest BCUT2D eigenvalue weighted by molar-refractivity contribution is 5.68. The second-order valence-electron chi connectivity index (χ2n) is 7.25. The van der Waals surface area contributed by atoms with Gasteiger partial charge in [0.25, 0.3) is 0 Å². The van der Waals surface area contributed by atoms with E-state index in [-0.39, 0.29) is 12.1 Å². The quantitative estimate of drug-likeness (QED) is 0.838. The van der Waals surface area contributed by atoms with Crippen LogP contribution in [0.4, 0.5) is 4.79 Å². The molecule has 22 heavy (non-hydrogen) atoms. The van der Waals surface area contributed by atoms with Gasteiger partial charge in [0, 0.05) is 31.7 Å². The lowest BCUT2D eigenvalue weighted by Gasteiger charge is -2.44. The maximum absolute atomic E-state index is 12.3. The maximum Gasteiger partial charge on any atom is 0.410 e. The molecule has 1 fully saturated rings. The first-order chi connectivity index (χ1) is 10.3. The third kappa shape index (κ3) is 4.47. The second-order valence-corrected chi connectivity index (χ2v) is 7.25. The molecule has 0 unspecified atom stereocenters. The molecule has 0 saturated carbocycles. The predicted molar refractivity (Wildman–Crippen MR) is 88.7 cm³/mol.